The Hall–Kier alpha value is -4.90. The number of ketones is 2. The fraction of sp³-hybridized carbons (Fsp3) is 0.641. The third-order valence-electron chi connectivity index (χ3n) is 19.1. The van der Waals surface area contributed by atoms with Crippen LogP contribution in [0.3, 0.4) is 0 Å². The van der Waals surface area contributed by atoms with Crippen LogP contribution in [-0.2, 0) is 33.4 Å². The van der Waals surface area contributed by atoms with E-state index >= 15 is 4.79 Å². The fourth-order valence-corrected chi connectivity index (χ4v) is 14.6. The highest BCUT2D eigenvalue weighted by atomic mass is 32.1. The highest BCUT2D eigenvalue weighted by Gasteiger charge is 2.59. The number of halogens is 1. The third kappa shape index (κ3) is 14.7. The quantitative estimate of drug-likeness (QED) is 0.0691. The summed E-state index contributed by atoms with van der Waals surface area (Å²) in [5, 5.41) is 58.7. The molecular weight excluding hydrogens is 1110 g/mol. The van der Waals surface area contributed by atoms with Crippen LogP contribution in [0.4, 0.5) is 4.39 Å². The second-order valence-electron chi connectivity index (χ2n) is 26.0. The maximum Gasteiger partial charge on any atom is 0.309 e. The number of nitrogens with zero attached hydrogens (tertiary/aromatic N) is 4. The van der Waals surface area contributed by atoms with E-state index in [2.05, 4.69) is 27.3 Å². The molecule has 460 valence electrons. The predicted molar refractivity (Wildman–Crippen MR) is 321 cm³/mol. The number of β-amino-alcohol motifs (C(OH)–C–C–N with tert-alkyl or cyclic N) is 1. The monoisotopic (exact) mass is 1200 g/mol. The molecule has 84 heavy (non-hydrogen) atoms. The molecule has 3 aromatic heterocycles. The first kappa shape index (κ1) is 65.1. The van der Waals surface area contributed by atoms with Gasteiger partial charge in [0.05, 0.1) is 72.5 Å². The van der Waals surface area contributed by atoms with Gasteiger partial charge in [0.1, 0.15) is 35.3 Å². The van der Waals surface area contributed by atoms with Crippen LogP contribution in [0.25, 0.3) is 33.5 Å². The summed E-state index contributed by atoms with van der Waals surface area (Å²) >= 11 is 2.95. The number of aliphatic hydroxyl groups is 4. The molecule has 4 fully saturated rings. The minimum atomic E-state index is -1.41. The molecule has 1 aromatic carbocycles. The van der Waals surface area contributed by atoms with Gasteiger partial charge in [-0.05, 0) is 113 Å². The number of carbonyl (C=O) groups is 4. The number of rotatable bonds is 11. The average molecular weight is 1200 g/mol. The second-order valence-corrected chi connectivity index (χ2v) is 27.8. The number of esters is 2. The molecule has 5 N–H and O–H groups in total. The summed E-state index contributed by atoms with van der Waals surface area (Å²) in [5.41, 5.74) is 0.148. The van der Waals surface area contributed by atoms with Gasteiger partial charge in [0.15, 0.2) is 15.8 Å². The Morgan fingerprint density at radius 2 is 1.36 bits per heavy atom. The normalized spacial score (nSPS) is 34.3. The highest BCUT2D eigenvalue weighted by Crippen LogP contribution is 2.49. The first-order chi connectivity index (χ1) is 39.6. The molecule has 4 aliphatic heterocycles. The number of hydrogen-bond acceptors (Lipinski definition) is 19. The van der Waals surface area contributed by atoms with Gasteiger partial charge >= 0.3 is 11.9 Å². The summed E-state index contributed by atoms with van der Waals surface area (Å²) in [6, 6.07) is 7.21. The average Bonchev–Trinajstić information content (AvgIpc) is 1.68. The van der Waals surface area contributed by atoms with Crippen molar-refractivity contribution < 1.29 is 62.7 Å². The van der Waals surface area contributed by atoms with E-state index in [0.717, 1.165) is 28.6 Å². The van der Waals surface area contributed by atoms with E-state index in [-0.39, 0.29) is 72.9 Å². The summed E-state index contributed by atoms with van der Waals surface area (Å²) in [6.45, 7) is 22.1. The molecule has 0 aliphatic carbocycles. The SMILES string of the molecule is C/C(=C\c1csc(-c2nc(C)cs2)n1)[C@@H]1C[C@@H]2N[C@]2(CO[C@H]2CC(=O)O[C@H](/C(C)=C/c3cc(-c4ccc(F)cc4)on3)C[C@@H]3N(CCO)[C@]3(C)CCC[C@H](C)[C@H](O)[C@@H](C)C(=O)C2(C)C)CCC[C@H](C)[C@H](O)[C@@H](C)C(=O)C(C)(C)[C@@H](O)CC(=O)O1. The Morgan fingerprint density at radius 3 is 1.98 bits per heavy atom. The molecule has 4 aliphatic rings. The molecule has 7 heterocycles. The van der Waals surface area contributed by atoms with E-state index in [0.29, 0.717) is 72.5 Å². The zero-order chi connectivity index (χ0) is 61.2. The third-order valence-corrected chi connectivity index (χ3v) is 21.0. The minimum Gasteiger partial charge on any atom is -0.458 e. The number of fused-ring (bicyclic) bond motifs is 2. The number of hydrogen-bond donors (Lipinski definition) is 5. The summed E-state index contributed by atoms with van der Waals surface area (Å²) in [5.74, 6) is -4.19. The van der Waals surface area contributed by atoms with Crippen LogP contribution in [0, 0.1) is 47.2 Å². The molecule has 8 rings (SSSR count). The predicted octanol–water partition coefficient (Wildman–Crippen LogP) is 9.98. The van der Waals surface area contributed by atoms with Crippen molar-refractivity contribution in [1.29, 1.82) is 0 Å². The molecule has 4 saturated heterocycles. The van der Waals surface area contributed by atoms with Gasteiger partial charge in [0.25, 0.3) is 0 Å². The van der Waals surface area contributed by atoms with Crippen LogP contribution in [0.1, 0.15) is 157 Å². The smallest absolute Gasteiger partial charge is 0.309 e. The molecule has 1 unspecified atom stereocenters. The van der Waals surface area contributed by atoms with Crippen LogP contribution in [0.2, 0.25) is 0 Å². The van der Waals surface area contributed by atoms with Gasteiger partial charge in [0.2, 0.25) is 0 Å². The minimum absolute atomic E-state index is 0.00590. The Kier molecular flexibility index (Phi) is 20.6. The summed E-state index contributed by atoms with van der Waals surface area (Å²) < 4.78 is 39.4. The Morgan fingerprint density at radius 1 is 0.786 bits per heavy atom. The molecule has 0 saturated carbocycles. The number of ether oxygens (including phenoxy) is 3. The number of aliphatic hydroxyl groups excluding tert-OH is 4. The topological polar surface area (TPSA) is 254 Å². The number of aromatic nitrogens is 3. The lowest BCUT2D eigenvalue weighted by Gasteiger charge is -2.37. The number of thiazole rings is 2. The molecule has 17 nitrogen and oxygen atoms in total. The van der Waals surface area contributed by atoms with Crippen molar-refractivity contribution in [3.63, 3.8) is 0 Å². The van der Waals surface area contributed by atoms with E-state index in [9.17, 15) is 39.2 Å². The maximum atomic E-state index is 15.0. The van der Waals surface area contributed by atoms with Crippen molar-refractivity contribution in [3.8, 4) is 21.3 Å². The lowest BCUT2D eigenvalue weighted by molar-refractivity contribution is -0.158. The van der Waals surface area contributed by atoms with Crippen LogP contribution in [-0.4, -0.2) is 143 Å². The summed E-state index contributed by atoms with van der Waals surface area (Å²) in [4.78, 5) is 69.7. The van der Waals surface area contributed by atoms with Crippen molar-refractivity contribution in [2.75, 3.05) is 19.8 Å². The summed E-state index contributed by atoms with van der Waals surface area (Å²) in [6.07, 6.45) is 1.14. The Balaban J connectivity index is 1.12. The zero-order valence-corrected chi connectivity index (χ0v) is 52.5. The van der Waals surface area contributed by atoms with Crippen molar-refractivity contribution >= 4 is 58.3 Å². The van der Waals surface area contributed by atoms with Gasteiger partial charge in [-0.3, -0.25) is 24.1 Å². The van der Waals surface area contributed by atoms with Crippen molar-refractivity contribution in [1.82, 2.24) is 25.3 Å². The first-order valence-electron chi connectivity index (χ1n) is 29.8. The van der Waals surface area contributed by atoms with Crippen molar-refractivity contribution in [2.45, 2.75) is 207 Å². The van der Waals surface area contributed by atoms with E-state index in [1.807, 2.05) is 51.5 Å². The molecular formula is C64H88FN5O12S2. The lowest BCUT2D eigenvalue weighted by Crippen LogP contribution is -2.48. The fourth-order valence-electron chi connectivity index (χ4n) is 13.0. The van der Waals surface area contributed by atoms with Crippen LogP contribution in [0.5, 0.6) is 0 Å². The molecule has 0 amide bonds. The number of carbonyl (C=O) groups excluding carboxylic acids is 4. The highest BCUT2D eigenvalue weighted by molar-refractivity contribution is 7.19. The van der Waals surface area contributed by atoms with Crippen LogP contribution in [0.15, 0.2) is 56.8 Å². The Labute approximate surface area is 501 Å². The van der Waals surface area contributed by atoms with E-state index in [1.165, 1.54) is 34.8 Å². The van der Waals surface area contributed by atoms with E-state index in [1.54, 1.807) is 65.8 Å². The van der Waals surface area contributed by atoms with Gasteiger partial charge in [0, 0.05) is 76.9 Å². The summed E-state index contributed by atoms with van der Waals surface area (Å²) in [7, 11) is 0. The number of Topliss-reactive ketones (excluding diaryl/α,β-unsaturated/α-hetero) is 2. The van der Waals surface area contributed by atoms with Gasteiger partial charge in [-0.15, -0.1) is 22.7 Å². The van der Waals surface area contributed by atoms with Crippen molar-refractivity contribution in [2.24, 2.45) is 34.5 Å². The number of benzene rings is 1. The van der Waals surface area contributed by atoms with Crippen LogP contribution >= 0.6 is 22.7 Å². The number of aryl methyl sites for hydroxylation is 1. The standard InChI is InChI=1S/C64H88FN5O12S2/c1-35-15-13-21-63(12)50(70(63)23-24-71)29-47(37(3)25-44-27-48(82-69-44)42-17-19-43(65)20-18-42)81-54(74)31-52(62(10,11)58(78)41(7)56(35)76)79-34-64-22-14-16-36(2)55(75)40(6)57(77)61(8,9)51(72)30-53(73)80-46(28-49(64)68-64)38(4)26-45-33-84-60(67-45)59-66-39(5)32-83-59/h17-20,25-27,32-33,35-36,40-41,46-47,49-52,55-56,68,71-72,75-76H,13-16,21-24,28-31,34H2,1-12H3/b37-25+,38-26+/t35-,36-,40+,41+,46-,47-,49-,50-,51-,52-,55-,56-,63+,64-,70?/m0/s1. The van der Waals surface area contributed by atoms with Gasteiger partial charge in [-0.25, -0.2) is 14.4 Å². The molecule has 20 heteroatoms. The zero-order valence-electron chi connectivity index (χ0n) is 50.9. The molecule has 15 atom stereocenters. The van der Waals surface area contributed by atoms with Gasteiger partial charge in [-0.1, -0.05) is 73.4 Å². The van der Waals surface area contributed by atoms with Gasteiger partial charge in [-0.2, -0.15) is 0 Å². The molecule has 0 radical (unpaired) electrons. The van der Waals surface area contributed by atoms with Crippen molar-refractivity contribution in [3.05, 3.63) is 75.1 Å². The lowest BCUT2D eigenvalue weighted by atomic mass is 9.72. The maximum absolute atomic E-state index is 15.0. The van der Waals surface area contributed by atoms with Gasteiger partial charge < -0.3 is 44.5 Å². The second kappa shape index (κ2) is 26.6. The molecule has 0 spiro atoms. The van der Waals surface area contributed by atoms with E-state index in [4.69, 9.17) is 23.7 Å². The Bertz CT molecular complexity index is 3030. The first-order valence-corrected chi connectivity index (χ1v) is 31.6. The largest absolute Gasteiger partial charge is 0.458 e. The van der Waals surface area contributed by atoms with E-state index < -0.39 is 83.2 Å². The molecule has 0 bridgehead atoms. The van der Waals surface area contributed by atoms with Crippen LogP contribution < -0.4 is 5.32 Å². The molecule has 4 aromatic rings. The number of nitrogens with one attached hydrogen (secondary N) is 1. The number of cyclic esters (lactones) is 2.